The van der Waals surface area contributed by atoms with Crippen LogP contribution < -0.4 is 16.4 Å². The number of rotatable bonds is 5. The maximum absolute atomic E-state index is 5.53. The van der Waals surface area contributed by atoms with E-state index in [2.05, 4.69) is 29.4 Å². The van der Waals surface area contributed by atoms with Crippen LogP contribution in [0.1, 0.15) is 13.8 Å². The van der Waals surface area contributed by atoms with Crippen LogP contribution in [0.5, 0.6) is 0 Å². The molecule has 4 nitrogen and oxygen atoms in total. The third kappa shape index (κ3) is 3.92. The van der Waals surface area contributed by atoms with Crippen molar-refractivity contribution in [3.8, 4) is 0 Å². The number of hydrogen-bond donors (Lipinski definition) is 3. The first-order chi connectivity index (χ1) is 6.74. The van der Waals surface area contributed by atoms with Crippen LogP contribution in [0, 0.1) is 0 Å². The average Bonchev–Trinajstić information content (AvgIpc) is 2.20. The highest BCUT2D eigenvalue weighted by atomic mass is 15.2. The minimum absolute atomic E-state index is 0.438. The molecule has 4 N–H and O–H groups in total. The van der Waals surface area contributed by atoms with Gasteiger partial charge < -0.3 is 16.4 Å². The van der Waals surface area contributed by atoms with Crippen LogP contribution in [0.4, 0.5) is 0 Å². The van der Waals surface area contributed by atoms with Gasteiger partial charge in [-0.25, -0.2) is 0 Å². The number of piperazine rings is 1. The topological polar surface area (TPSA) is 53.3 Å². The van der Waals surface area contributed by atoms with Gasteiger partial charge in [0.25, 0.3) is 0 Å². The van der Waals surface area contributed by atoms with E-state index in [0.29, 0.717) is 12.1 Å². The second kappa shape index (κ2) is 6.35. The molecule has 84 valence electrons. The third-order valence-corrected chi connectivity index (χ3v) is 2.88. The van der Waals surface area contributed by atoms with E-state index in [4.69, 9.17) is 5.73 Å². The SMILES string of the molecule is CC(CN)NCCN1CCNCC1C. The summed E-state index contributed by atoms with van der Waals surface area (Å²) >= 11 is 0. The number of nitrogens with one attached hydrogen (secondary N) is 2. The molecule has 1 aliphatic heterocycles. The summed E-state index contributed by atoms with van der Waals surface area (Å²) in [6.07, 6.45) is 0. The molecule has 14 heavy (non-hydrogen) atoms. The van der Waals surface area contributed by atoms with Gasteiger partial charge in [0, 0.05) is 51.4 Å². The first-order valence-electron chi connectivity index (χ1n) is 5.62. The molecule has 1 fully saturated rings. The van der Waals surface area contributed by atoms with Gasteiger partial charge in [0.05, 0.1) is 0 Å². The van der Waals surface area contributed by atoms with E-state index in [1.807, 2.05) is 0 Å². The minimum atomic E-state index is 0.438. The van der Waals surface area contributed by atoms with Crippen LogP contribution in [0.15, 0.2) is 0 Å². The molecule has 1 aliphatic rings. The van der Waals surface area contributed by atoms with Crippen molar-refractivity contribution >= 4 is 0 Å². The third-order valence-electron chi connectivity index (χ3n) is 2.88. The van der Waals surface area contributed by atoms with E-state index in [1.54, 1.807) is 0 Å². The Labute approximate surface area is 87.2 Å². The van der Waals surface area contributed by atoms with Crippen LogP contribution >= 0.6 is 0 Å². The average molecular weight is 200 g/mol. The molecule has 1 heterocycles. The summed E-state index contributed by atoms with van der Waals surface area (Å²) in [5.41, 5.74) is 5.53. The predicted molar refractivity (Wildman–Crippen MR) is 60.4 cm³/mol. The van der Waals surface area contributed by atoms with Gasteiger partial charge >= 0.3 is 0 Å². The first kappa shape index (κ1) is 11.9. The van der Waals surface area contributed by atoms with Gasteiger partial charge in [-0.1, -0.05) is 0 Å². The molecule has 0 spiro atoms. The molecule has 4 heteroatoms. The first-order valence-corrected chi connectivity index (χ1v) is 5.62. The summed E-state index contributed by atoms with van der Waals surface area (Å²) in [4.78, 5) is 2.52. The largest absolute Gasteiger partial charge is 0.329 e. The van der Waals surface area contributed by atoms with Crippen LogP contribution in [-0.2, 0) is 0 Å². The van der Waals surface area contributed by atoms with Crippen molar-refractivity contribution < 1.29 is 0 Å². The molecule has 1 rings (SSSR count). The van der Waals surface area contributed by atoms with Crippen LogP contribution in [0.3, 0.4) is 0 Å². The van der Waals surface area contributed by atoms with Crippen LogP contribution in [-0.4, -0.2) is 56.3 Å². The molecule has 1 saturated heterocycles. The summed E-state index contributed by atoms with van der Waals surface area (Å²) < 4.78 is 0. The Hall–Kier alpha value is -0.160. The van der Waals surface area contributed by atoms with Gasteiger partial charge in [-0.2, -0.15) is 0 Å². The lowest BCUT2D eigenvalue weighted by Crippen LogP contribution is -2.52. The predicted octanol–water partition coefficient (Wildman–Crippen LogP) is -0.783. The van der Waals surface area contributed by atoms with Gasteiger partial charge in [0.15, 0.2) is 0 Å². The zero-order chi connectivity index (χ0) is 10.4. The van der Waals surface area contributed by atoms with Gasteiger partial charge in [-0.3, -0.25) is 4.90 Å². The van der Waals surface area contributed by atoms with Crippen molar-refractivity contribution in [2.75, 3.05) is 39.3 Å². The Kier molecular flexibility index (Phi) is 5.40. The van der Waals surface area contributed by atoms with Gasteiger partial charge in [0.2, 0.25) is 0 Å². The van der Waals surface area contributed by atoms with Crippen molar-refractivity contribution in [2.45, 2.75) is 25.9 Å². The summed E-state index contributed by atoms with van der Waals surface area (Å²) in [5.74, 6) is 0. The fourth-order valence-electron chi connectivity index (χ4n) is 1.75. The second-order valence-corrected chi connectivity index (χ2v) is 4.18. The molecule has 0 aromatic carbocycles. The molecular formula is C10H24N4. The Morgan fingerprint density at radius 3 is 3.07 bits per heavy atom. The Morgan fingerprint density at radius 1 is 1.64 bits per heavy atom. The maximum atomic E-state index is 5.53. The van der Waals surface area contributed by atoms with Crippen LogP contribution in [0.2, 0.25) is 0 Å². The highest BCUT2D eigenvalue weighted by Gasteiger charge is 2.16. The van der Waals surface area contributed by atoms with Gasteiger partial charge in [-0.15, -0.1) is 0 Å². The van der Waals surface area contributed by atoms with E-state index in [-0.39, 0.29) is 0 Å². The summed E-state index contributed by atoms with van der Waals surface area (Å²) in [7, 11) is 0. The van der Waals surface area contributed by atoms with Crippen molar-refractivity contribution in [3.05, 3.63) is 0 Å². The highest BCUT2D eigenvalue weighted by molar-refractivity contribution is 4.76. The molecular weight excluding hydrogens is 176 g/mol. The zero-order valence-corrected chi connectivity index (χ0v) is 9.42. The molecule has 2 atom stereocenters. The van der Waals surface area contributed by atoms with Crippen molar-refractivity contribution in [1.82, 2.24) is 15.5 Å². The quantitative estimate of drug-likeness (QED) is 0.545. The van der Waals surface area contributed by atoms with Crippen LogP contribution in [0.25, 0.3) is 0 Å². The van der Waals surface area contributed by atoms with E-state index in [0.717, 1.165) is 32.7 Å². The summed E-state index contributed by atoms with van der Waals surface area (Å²) in [5, 5.41) is 6.81. The molecule has 0 aromatic heterocycles. The van der Waals surface area contributed by atoms with Crippen molar-refractivity contribution in [2.24, 2.45) is 5.73 Å². The summed E-state index contributed by atoms with van der Waals surface area (Å²) in [6, 6.07) is 1.10. The second-order valence-electron chi connectivity index (χ2n) is 4.18. The van der Waals surface area contributed by atoms with Crippen molar-refractivity contribution in [3.63, 3.8) is 0 Å². The Morgan fingerprint density at radius 2 is 2.43 bits per heavy atom. The molecule has 0 bridgehead atoms. The molecule has 0 aromatic rings. The molecule has 2 unspecified atom stereocenters. The van der Waals surface area contributed by atoms with E-state index in [9.17, 15) is 0 Å². The minimum Gasteiger partial charge on any atom is -0.329 e. The smallest absolute Gasteiger partial charge is 0.0193 e. The maximum Gasteiger partial charge on any atom is 0.0193 e. The molecule has 0 aliphatic carbocycles. The monoisotopic (exact) mass is 200 g/mol. The standard InChI is InChI=1S/C10H24N4/c1-9(7-11)13-4-6-14-5-3-12-8-10(14)2/h9-10,12-13H,3-8,11H2,1-2H3. The Bertz CT molecular complexity index is 151. The molecule has 0 saturated carbocycles. The normalized spacial score (nSPS) is 26.4. The lowest BCUT2D eigenvalue weighted by Gasteiger charge is -2.34. The number of nitrogens with zero attached hydrogens (tertiary/aromatic N) is 1. The zero-order valence-electron chi connectivity index (χ0n) is 9.42. The van der Waals surface area contributed by atoms with E-state index in [1.165, 1.54) is 6.54 Å². The lowest BCUT2D eigenvalue weighted by atomic mass is 10.2. The van der Waals surface area contributed by atoms with Gasteiger partial charge in [-0.05, 0) is 13.8 Å². The van der Waals surface area contributed by atoms with E-state index >= 15 is 0 Å². The fourth-order valence-corrected chi connectivity index (χ4v) is 1.75. The number of nitrogens with two attached hydrogens (primary N) is 1. The summed E-state index contributed by atoms with van der Waals surface area (Å²) in [6.45, 7) is 10.7. The van der Waals surface area contributed by atoms with Crippen molar-refractivity contribution in [1.29, 1.82) is 0 Å². The molecule has 0 amide bonds. The lowest BCUT2D eigenvalue weighted by molar-refractivity contribution is 0.173. The van der Waals surface area contributed by atoms with Gasteiger partial charge in [0.1, 0.15) is 0 Å². The van der Waals surface area contributed by atoms with E-state index < -0.39 is 0 Å². The highest BCUT2D eigenvalue weighted by Crippen LogP contribution is 2.00. The fraction of sp³-hybridized carbons (Fsp3) is 1.00. The number of hydrogen-bond acceptors (Lipinski definition) is 4. The Balaban J connectivity index is 2.10. The molecule has 0 radical (unpaired) electrons.